The predicted molar refractivity (Wildman–Crippen MR) is 149 cm³/mol. The second-order valence-corrected chi connectivity index (χ2v) is 13.1. The third kappa shape index (κ3) is 5.66. The Morgan fingerprint density at radius 3 is 2.34 bits per heavy atom. The van der Waals surface area contributed by atoms with Gasteiger partial charge in [-0.25, -0.2) is 12.8 Å². The van der Waals surface area contributed by atoms with E-state index in [1.807, 2.05) is 30.3 Å². The van der Waals surface area contributed by atoms with Gasteiger partial charge < -0.3 is 10.2 Å². The molecule has 0 unspecified atom stereocenters. The summed E-state index contributed by atoms with van der Waals surface area (Å²) in [6.45, 7) is 2.35. The highest BCUT2D eigenvalue weighted by Gasteiger charge is 2.41. The Morgan fingerprint density at radius 2 is 1.66 bits per heavy atom. The lowest BCUT2D eigenvalue weighted by Crippen LogP contribution is -3.10. The summed E-state index contributed by atoms with van der Waals surface area (Å²) in [5.41, 5.74) is 2.05. The molecule has 0 aliphatic carbocycles. The SMILES string of the molecule is C[NH+]1CCC([C@H](NC(=O)[C@@H]2SCCN2S(=O)(=O)c2ccc(-c3ccccc3F)cc2)c2ccccc2)CC1. The average molecular weight is 555 g/mol. The van der Waals surface area contributed by atoms with E-state index in [9.17, 15) is 17.6 Å². The molecular weight excluding hydrogens is 521 g/mol. The molecule has 38 heavy (non-hydrogen) atoms. The molecule has 1 amide bonds. The molecule has 2 fully saturated rings. The summed E-state index contributed by atoms with van der Waals surface area (Å²) < 4.78 is 42.7. The van der Waals surface area contributed by atoms with Gasteiger partial charge in [0.1, 0.15) is 11.2 Å². The van der Waals surface area contributed by atoms with Gasteiger partial charge >= 0.3 is 0 Å². The highest BCUT2D eigenvalue weighted by molar-refractivity contribution is 8.02. The van der Waals surface area contributed by atoms with Gasteiger partial charge in [-0.1, -0.05) is 60.7 Å². The van der Waals surface area contributed by atoms with E-state index >= 15 is 0 Å². The van der Waals surface area contributed by atoms with Crippen molar-refractivity contribution in [1.29, 1.82) is 0 Å². The summed E-state index contributed by atoms with van der Waals surface area (Å²) >= 11 is 1.35. The number of carbonyl (C=O) groups excluding carboxylic acids is 1. The number of nitrogens with one attached hydrogen (secondary N) is 2. The number of likely N-dealkylation sites (tertiary alicyclic amines) is 1. The van der Waals surface area contributed by atoms with Crippen LogP contribution in [0.5, 0.6) is 0 Å². The van der Waals surface area contributed by atoms with Crippen molar-refractivity contribution in [3.8, 4) is 11.1 Å². The Kier molecular flexibility index (Phi) is 8.18. The highest BCUT2D eigenvalue weighted by Crippen LogP contribution is 2.34. The van der Waals surface area contributed by atoms with E-state index in [0.717, 1.165) is 31.5 Å². The number of benzene rings is 3. The van der Waals surface area contributed by atoms with Crippen LogP contribution in [0.25, 0.3) is 11.1 Å². The van der Waals surface area contributed by atoms with Crippen LogP contribution in [0.3, 0.4) is 0 Å². The number of rotatable bonds is 7. The van der Waals surface area contributed by atoms with Gasteiger partial charge in [-0.15, -0.1) is 11.8 Å². The molecule has 3 aromatic carbocycles. The molecule has 0 spiro atoms. The first-order valence-corrected chi connectivity index (χ1v) is 15.5. The minimum Gasteiger partial charge on any atom is -0.347 e. The van der Waals surface area contributed by atoms with Gasteiger partial charge in [-0.2, -0.15) is 4.31 Å². The molecule has 2 heterocycles. The van der Waals surface area contributed by atoms with Crippen molar-refractivity contribution >= 4 is 27.7 Å². The van der Waals surface area contributed by atoms with Gasteiger partial charge in [0.05, 0.1) is 31.1 Å². The topological polar surface area (TPSA) is 70.9 Å². The van der Waals surface area contributed by atoms with E-state index in [2.05, 4.69) is 12.4 Å². The van der Waals surface area contributed by atoms with Crippen LogP contribution >= 0.6 is 11.8 Å². The van der Waals surface area contributed by atoms with Crippen molar-refractivity contribution in [2.75, 3.05) is 32.4 Å². The van der Waals surface area contributed by atoms with E-state index in [1.165, 1.54) is 39.2 Å². The molecule has 5 rings (SSSR count). The Bertz CT molecular complexity index is 1360. The highest BCUT2D eigenvalue weighted by atomic mass is 32.2. The standard InChI is InChI=1S/C29H32FN3O3S2/c1-32-17-15-23(16-18-32)27(22-7-3-2-4-8-22)31-28(34)29-33(19-20-37-29)38(35,36)24-13-11-21(12-14-24)25-9-5-6-10-26(25)30/h2-14,23,27,29H,15-20H2,1H3,(H,31,34)/p+1/t27-,29+/m1/s1. The maximum atomic E-state index is 14.2. The number of thioether (sulfide) groups is 1. The molecule has 3 aromatic rings. The van der Waals surface area contributed by atoms with Crippen LogP contribution in [0.15, 0.2) is 83.8 Å². The van der Waals surface area contributed by atoms with E-state index in [-0.39, 0.29) is 29.2 Å². The lowest BCUT2D eigenvalue weighted by molar-refractivity contribution is -0.886. The second-order valence-electron chi connectivity index (χ2n) is 10.0. The van der Waals surface area contributed by atoms with E-state index in [0.29, 0.717) is 22.8 Å². The molecule has 0 aromatic heterocycles. The maximum absolute atomic E-state index is 14.2. The second kappa shape index (κ2) is 11.6. The number of hydrogen-bond acceptors (Lipinski definition) is 4. The summed E-state index contributed by atoms with van der Waals surface area (Å²) in [5.74, 6) is 0.194. The number of carbonyl (C=O) groups is 1. The Labute approximate surface area is 228 Å². The van der Waals surface area contributed by atoms with Crippen LogP contribution in [-0.4, -0.2) is 56.4 Å². The van der Waals surface area contributed by atoms with Crippen LogP contribution in [0.2, 0.25) is 0 Å². The van der Waals surface area contributed by atoms with Gasteiger partial charge in [-0.3, -0.25) is 4.79 Å². The summed E-state index contributed by atoms with van der Waals surface area (Å²) in [6, 6.07) is 22.4. The van der Waals surface area contributed by atoms with Gasteiger partial charge in [0.25, 0.3) is 0 Å². The molecule has 2 atom stereocenters. The van der Waals surface area contributed by atoms with Crippen molar-refractivity contribution in [3.63, 3.8) is 0 Å². The molecule has 2 saturated heterocycles. The fraction of sp³-hybridized carbons (Fsp3) is 0.345. The number of hydrogen-bond donors (Lipinski definition) is 2. The van der Waals surface area contributed by atoms with Crippen molar-refractivity contribution in [1.82, 2.24) is 9.62 Å². The fourth-order valence-corrected chi connectivity index (χ4v) is 8.45. The first kappa shape index (κ1) is 26.9. The lowest BCUT2D eigenvalue weighted by Gasteiger charge is -2.34. The predicted octanol–water partition coefficient (Wildman–Crippen LogP) is 3.34. The number of nitrogens with zero attached hydrogens (tertiary/aromatic N) is 1. The van der Waals surface area contributed by atoms with Crippen LogP contribution in [0.1, 0.15) is 24.4 Å². The first-order chi connectivity index (χ1) is 18.3. The Morgan fingerprint density at radius 1 is 1.00 bits per heavy atom. The van der Waals surface area contributed by atoms with Crippen LogP contribution in [0, 0.1) is 11.7 Å². The third-order valence-corrected chi connectivity index (χ3v) is 10.7. The number of quaternary nitrogens is 1. The Hall–Kier alpha value is -2.72. The number of sulfonamides is 1. The first-order valence-electron chi connectivity index (χ1n) is 13.0. The van der Waals surface area contributed by atoms with Gasteiger partial charge in [0, 0.05) is 30.7 Å². The summed E-state index contributed by atoms with van der Waals surface area (Å²) in [4.78, 5) is 15.2. The van der Waals surface area contributed by atoms with Gasteiger partial charge in [-0.05, 0) is 35.2 Å². The normalized spacial score (nSPS) is 23.2. The number of amides is 1. The summed E-state index contributed by atoms with van der Waals surface area (Å²) in [6.07, 6.45) is 2.00. The van der Waals surface area contributed by atoms with Crippen molar-refractivity contribution in [3.05, 3.63) is 90.2 Å². The van der Waals surface area contributed by atoms with Crippen LogP contribution in [-0.2, 0) is 14.8 Å². The van der Waals surface area contributed by atoms with Crippen molar-refractivity contribution in [2.24, 2.45) is 5.92 Å². The fourth-order valence-electron chi connectivity index (χ4n) is 5.37. The van der Waals surface area contributed by atoms with E-state index in [4.69, 9.17) is 0 Å². The summed E-state index contributed by atoms with van der Waals surface area (Å²) in [5, 5.41) is 2.39. The summed E-state index contributed by atoms with van der Waals surface area (Å²) in [7, 11) is -1.73. The quantitative estimate of drug-likeness (QED) is 0.470. The molecule has 9 heteroatoms. The van der Waals surface area contributed by atoms with Crippen LogP contribution < -0.4 is 10.2 Å². The zero-order chi connectivity index (χ0) is 26.7. The molecule has 0 saturated carbocycles. The zero-order valence-electron chi connectivity index (χ0n) is 21.3. The molecule has 0 bridgehead atoms. The monoisotopic (exact) mass is 554 g/mol. The molecular formula is C29H33FN3O3S2+. The molecule has 2 N–H and O–H groups in total. The minimum absolute atomic E-state index is 0.0933. The number of halogens is 1. The van der Waals surface area contributed by atoms with Crippen molar-refractivity contribution in [2.45, 2.75) is 29.2 Å². The molecule has 6 nitrogen and oxygen atoms in total. The molecule has 0 radical (unpaired) electrons. The van der Waals surface area contributed by atoms with Crippen LogP contribution in [0.4, 0.5) is 4.39 Å². The third-order valence-electron chi connectivity index (χ3n) is 7.53. The largest absolute Gasteiger partial charge is 0.347 e. The van der Waals surface area contributed by atoms with Crippen molar-refractivity contribution < 1.29 is 22.5 Å². The molecule has 200 valence electrons. The average Bonchev–Trinajstić information content (AvgIpc) is 3.45. The number of piperidine rings is 1. The molecule has 2 aliphatic heterocycles. The lowest BCUT2D eigenvalue weighted by atomic mass is 9.85. The van der Waals surface area contributed by atoms with E-state index < -0.39 is 15.4 Å². The van der Waals surface area contributed by atoms with Gasteiger partial charge in [0.2, 0.25) is 15.9 Å². The maximum Gasteiger partial charge on any atom is 0.249 e. The van der Waals surface area contributed by atoms with E-state index in [1.54, 1.807) is 30.3 Å². The zero-order valence-corrected chi connectivity index (χ0v) is 23.0. The Balaban J connectivity index is 1.35. The smallest absolute Gasteiger partial charge is 0.249 e. The molecule has 2 aliphatic rings. The minimum atomic E-state index is -3.92. The van der Waals surface area contributed by atoms with Gasteiger partial charge in [0.15, 0.2) is 0 Å².